The molecule has 0 spiro atoms. The Kier molecular flexibility index (Phi) is 5.53. The third-order valence-corrected chi connectivity index (χ3v) is 2.93. The molecule has 6 nitrogen and oxygen atoms in total. The van der Waals surface area contributed by atoms with Crippen LogP contribution in [0.1, 0.15) is 41.0 Å². The van der Waals surface area contributed by atoms with Crippen LogP contribution < -0.4 is 0 Å². The molecule has 0 radical (unpaired) electrons. The SMILES string of the molecule is CCOC1(OCC)CCN(C(=O)OC(C)(C)C)CC1=N. The molecule has 0 aliphatic carbocycles. The van der Waals surface area contributed by atoms with E-state index in [1.807, 2.05) is 34.6 Å². The van der Waals surface area contributed by atoms with Crippen molar-refractivity contribution in [3.8, 4) is 0 Å². The third-order valence-electron chi connectivity index (χ3n) is 2.93. The lowest BCUT2D eigenvalue weighted by atomic mass is 10.0. The lowest BCUT2D eigenvalue weighted by Gasteiger charge is -2.41. The molecule has 0 aromatic rings. The molecule has 20 heavy (non-hydrogen) atoms. The third kappa shape index (κ3) is 4.18. The highest BCUT2D eigenvalue weighted by Gasteiger charge is 2.43. The maximum Gasteiger partial charge on any atom is 0.410 e. The van der Waals surface area contributed by atoms with Gasteiger partial charge in [0, 0.05) is 26.2 Å². The highest BCUT2D eigenvalue weighted by molar-refractivity contribution is 5.93. The molecule has 1 amide bonds. The van der Waals surface area contributed by atoms with Crippen LogP contribution in [0.5, 0.6) is 0 Å². The number of ether oxygens (including phenoxy) is 3. The van der Waals surface area contributed by atoms with Gasteiger partial charge in [-0.2, -0.15) is 0 Å². The van der Waals surface area contributed by atoms with Gasteiger partial charge in [0.1, 0.15) is 5.60 Å². The number of likely N-dealkylation sites (tertiary alicyclic amines) is 1. The Balaban J connectivity index is 2.71. The monoisotopic (exact) mass is 286 g/mol. The molecule has 0 saturated carbocycles. The molecular weight excluding hydrogens is 260 g/mol. The molecule has 116 valence electrons. The summed E-state index contributed by atoms with van der Waals surface area (Å²) in [4.78, 5) is 13.5. The van der Waals surface area contributed by atoms with Gasteiger partial charge in [0.2, 0.25) is 5.79 Å². The second kappa shape index (κ2) is 6.54. The summed E-state index contributed by atoms with van der Waals surface area (Å²) in [7, 11) is 0. The Morgan fingerprint density at radius 1 is 1.30 bits per heavy atom. The molecule has 1 aliphatic heterocycles. The van der Waals surface area contributed by atoms with Crippen molar-refractivity contribution in [1.82, 2.24) is 4.90 Å². The highest BCUT2D eigenvalue weighted by atomic mass is 16.7. The quantitative estimate of drug-likeness (QED) is 0.806. The highest BCUT2D eigenvalue weighted by Crippen LogP contribution is 2.26. The smallest absolute Gasteiger partial charge is 0.410 e. The molecule has 1 heterocycles. The average molecular weight is 286 g/mol. The second-order valence-corrected chi connectivity index (χ2v) is 5.75. The molecule has 0 atom stereocenters. The summed E-state index contributed by atoms with van der Waals surface area (Å²) in [6.07, 6.45) is 0.0519. The van der Waals surface area contributed by atoms with Gasteiger partial charge in [-0.3, -0.25) is 0 Å². The van der Waals surface area contributed by atoms with Gasteiger partial charge in [0.25, 0.3) is 0 Å². The van der Waals surface area contributed by atoms with E-state index in [4.69, 9.17) is 19.6 Å². The van der Waals surface area contributed by atoms with Crippen LogP contribution in [0.25, 0.3) is 0 Å². The van der Waals surface area contributed by atoms with Gasteiger partial charge in [-0.05, 0) is 34.6 Å². The number of carbonyl (C=O) groups is 1. The Labute approximate surface area is 120 Å². The first-order valence-electron chi connectivity index (χ1n) is 7.08. The number of hydrogen-bond acceptors (Lipinski definition) is 5. The first kappa shape index (κ1) is 16.9. The van der Waals surface area contributed by atoms with Crippen LogP contribution in [-0.2, 0) is 14.2 Å². The summed E-state index contributed by atoms with van der Waals surface area (Å²) in [5.74, 6) is -0.984. The molecule has 1 aliphatic rings. The van der Waals surface area contributed by atoms with Crippen LogP contribution >= 0.6 is 0 Å². The molecule has 0 aromatic carbocycles. The van der Waals surface area contributed by atoms with E-state index in [1.165, 1.54) is 4.90 Å². The number of hydrogen-bond donors (Lipinski definition) is 1. The minimum Gasteiger partial charge on any atom is -0.444 e. The van der Waals surface area contributed by atoms with E-state index in [2.05, 4.69) is 0 Å². The normalized spacial score (nSPS) is 19.1. The molecular formula is C14H26N2O4. The van der Waals surface area contributed by atoms with Crippen LogP contribution in [0.4, 0.5) is 4.79 Å². The number of amides is 1. The molecule has 6 heteroatoms. The predicted molar refractivity (Wildman–Crippen MR) is 76.1 cm³/mol. The Morgan fingerprint density at radius 3 is 2.25 bits per heavy atom. The zero-order valence-electron chi connectivity index (χ0n) is 13.1. The fraction of sp³-hybridized carbons (Fsp3) is 0.857. The van der Waals surface area contributed by atoms with E-state index < -0.39 is 17.5 Å². The number of carbonyl (C=O) groups excluding carboxylic acids is 1. The van der Waals surface area contributed by atoms with Crippen LogP contribution in [-0.4, -0.2) is 54.4 Å². The molecule has 0 bridgehead atoms. The number of piperidine rings is 1. The Bertz CT molecular complexity index is 357. The average Bonchev–Trinajstić information content (AvgIpc) is 2.31. The van der Waals surface area contributed by atoms with Gasteiger partial charge in [0.15, 0.2) is 0 Å². The summed E-state index contributed by atoms with van der Waals surface area (Å²) in [6.45, 7) is 10.8. The summed E-state index contributed by atoms with van der Waals surface area (Å²) in [5, 5.41) is 8.16. The number of nitrogens with one attached hydrogen (secondary N) is 1. The predicted octanol–water partition coefficient (Wildman–Crippen LogP) is 2.42. The minimum absolute atomic E-state index is 0.176. The van der Waals surface area contributed by atoms with E-state index in [0.717, 1.165) is 0 Å². The minimum atomic E-state index is -0.984. The largest absolute Gasteiger partial charge is 0.444 e. The van der Waals surface area contributed by atoms with E-state index in [0.29, 0.717) is 26.2 Å². The first-order chi connectivity index (χ1) is 9.24. The van der Waals surface area contributed by atoms with Gasteiger partial charge in [0.05, 0.1) is 12.3 Å². The van der Waals surface area contributed by atoms with E-state index in [9.17, 15) is 4.79 Å². The van der Waals surface area contributed by atoms with Crippen molar-refractivity contribution in [3.05, 3.63) is 0 Å². The van der Waals surface area contributed by atoms with E-state index in [-0.39, 0.29) is 12.3 Å². The zero-order valence-corrected chi connectivity index (χ0v) is 13.1. The van der Waals surface area contributed by atoms with Crippen molar-refractivity contribution in [2.24, 2.45) is 0 Å². The van der Waals surface area contributed by atoms with E-state index in [1.54, 1.807) is 0 Å². The van der Waals surface area contributed by atoms with Crippen LogP contribution in [0.3, 0.4) is 0 Å². The van der Waals surface area contributed by atoms with Crippen LogP contribution in [0.15, 0.2) is 0 Å². The topological polar surface area (TPSA) is 71.8 Å². The number of nitrogens with zero attached hydrogens (tertiary/aromatic N) is 1. The first-order valence-corrected chi connectivity index (χ1v) is 7.08. The van der Waals surface area contributed by atoms with Crippen molar-refractivity contribution >= 4 is 11.8 Å². The van der Waals surface area contributed by atoms with Gasteiger partial charge in [-0.1, -0.05) is 0 Å². The van der Waals surface area contributed by atoms with Crippen molar-refractivity contribution in [1.29, 1.82) is 5.41 Å². The molecule has 0 aromatic heterocycles. The van der Waals surface area contributed by atoms with Gasteiger partial charge in [-0.15, -0.1) is 0 Å². The molecule has 1 fully saturated rings. The molecule has 1 N–H and O–H groups in total. The lowest BCUT2D eigenvalue weighted by Crippen LogP contribution is -2.57. The second-order valence-electron chi connectivity index (χ2n) is 5.75. The maximum atomic E-state index is 12.0. The maximum absolute atomic E-state index is 12.0. The van der Waals surface area contributed by atoms with Gasteiger partial charge >= 0.3 is 6.09 Å². The van der Waals surface area contributed by atoms with Gasteiger partial charge in [-0.25, -0.2) is 4.79 Å². The summed E-state index contributed by atoms with van der Waals surface area (Å²) in [5.41, 5.74) is -0.272. The summed E-state index contributed by atoms with van der Waals surface area (Å²) < 4.78 is 16.6. The summed E-state index contributed by atoms with van der Waals surface area (Å²) >= 11 is 0. The fourth-order valence-corrected chi connectivity index (χ4v) is 2.13. The van der Waals surface area contributed by atoms with Crippen molar-refractivity contribution < 1.29 is 19.0 Å². The van der Waals surface area contributed by atoms with E-state index >= 15 is 0 Å². The molecule has 0 unspecified atom stereocenters. The van der Waals surface area contributed by atoms with Gasteiger partial charge < -0.3 is 24.5 Å². The van der Waals surface area contributed by atoms with Crippen molar-refractivity contribution in [3.63, 3.8) is 0 Å². The summed E-state index contributed by atoms with van der Waals surface area (Å²) in [6, 6.07) is 0. The van der Waals surface area contributed by atoms with Crippen LogP contribution in [0, 0.1) is 5.41 Å². The molecule has 1 rings (SSSR count). The fourth-order valence-electron chi connectivity index (χ4n) is 2.13. The number of rotatable bonds is 4. The van der Waals surface area contributed by atoms with Crippen molar-refractivity contribution in [2.45, 2.75) is 52.4 Å². The standard InChI is InChI=1S/C14H26N2O4/c1-6-18-14(19-7-2)8-9-16(10-11(14)15)12(17)20-13(3,4)5/h15H,6-10H2,1-5H3. The molecule has 1 saturated heterocycles. The Morgan fingerprint density at radius 2 is 1.85 bits per heavy atom. The van der Waals surface area contributed by atoms with Crippen LogP contribution in [0.2, 0.25) is 0 Å². The Hall–Kier alpha value is -1.14. The zero-order chi connectivity index (χ0) is 15.4. The lowest BCUT2D eigenvalue weighted by molar-refractivity contribution is -0.195. The van der Waals surface area contributed by atoms with Crippen molar-refractivity contribution in [2.75, 3.05) is 26.3 Å².